The Hall–Kier alpha value is -2.87. The van der Waals surface area contributed by atoms with E-state index in [-0.39, 0.29) is 0 Å². The molecule has 0 aliphatic carbocycles. The summed E-state index contributed by atoms with van der Waals surface area (Å²) in [6.07, 6.45) is 1.76. The number of hydrogen-bond donors (Lipinski definition) is 0. The first-order valence-electron chi connectivity index (χ1n) is 8.56. The standard InChI is InChI=1S/C23H23NO/c1-25-23-14-12-21(13-15-23)18-24-22(16-19-8-4-2-5-9-19)17-20-10-6-3-7-11-20/h2-15H,16-18H2,1H3. The Morgan fingerprint density at radius 3 is 1.68 bits per heavy atom. The molecule has 0 fully saturated rings. The van der Waals surface area contributed by atoms with Crippen molar-refractivity contribution in [1.29, 1.82) is 0 Å². The molecule has 3 rings (SSSR count). The summed E-state index contributed by atoms with van der Waals surface area (Å²) in [6, 6.07) is 29.2. The van der Waals surface area contributed by atoms with E-state index >= 15 is 0 Å². The van der Waals surface area contributed by atoms with Gasteiger partial charge in [-0.3, -0.25) is 4.99 Å². The summed E-state index contributed by atoms with van der Waals surface area (Å²) in [6.45, 7) is 0.693. The second kappa shape index (κ2) is 8.84. The number of aliphatic imine (C=N–C) groups is 1. The number of hydrogen-bond acceptors (Lipinski definition) is 2. The van der Waals surface area contributed by atoms with Gasteiger partial charge in [0.1, 0.15) is 5.75 Å². The number of benzene rings is 3. The highest BCUT2D eigenvalue weighted by Crippen LogP contribution is 2.13. The van der Waals surface area contributed by atoms with Crippen molar-refractivity contribution in [3.63, 3.8) is 0 Å². The van der Waals surface area contributed by atoms with E-state index in [0.29, 0.717) is 6.54 Å². The summed E-state index contributed by atoms with van der Waals surface area (Å²) in [4.78, 5) is 4.92. The lowest BCUT2D eigenvalue weighted by Crippen LogP contribution is -2.08. The molecule has 0 heterocycles. The van der Waals surface area contributed by atoms with Gasteiger partial charge in [-0.15, -0.1) is 0 Å². The van der Waals surface area contributed by atoms with Gasteiger partial charge in [-0.25, -0.2) is 0 Å². The summed E-state index contributed by atoms with van der Waals surface area (Å²) in [5, 5.41) is 0. The Morgan fingerprint density at radius 2 is 1.20 bits per heavy atom. The highest BCUT2D eigenvalue weighted by Gasteiger charge is 2.04. The van der Waals surface area contributed by atoms with Gasteiger partial charge in [0.25, 0.3) is 0 Å². The average Bonchev–Trinajstić information content (AvgIpc) is 2.68. The van der Waals surface area contributed by atoms with Crippen LogP contribution in [0.5, 0.6) is 5.75 Å². The predicted octanol–water partition coefficient (Wildman–Crippen LogP) is 5.12. The molecule has 126 valence electrons. The molecule has 0 aromatic heterocycles. The van der Waals surface area contributed by atoms with Crippen LogP contribution in [0.2, 0.25) is 0 Å². The molecule has 0 aliphatic heterocycles. The van der Waals surface area contributed by atoms with Gasteiger partial charge in [-0.05, 0) is 28.8 Å². The minimum Gasteiger partial charge on any atom is -0.497 e. The lowest BCUT2D eigenvalue weighted by molar-refractivity contribution is 0.414. The maximum absolute atomic E-state index is 5.22. The van der Waals surface area contributed by atoms with E-state index in [0.717, 1.165) is 18.6 Å². The largest absolute Gasteiger partial charge is 0.497 e. The van der Waals surface area contributed by atoms with E-state index in [4.69, 9.17) is 9.73 Å². The first kappa shape index (κ1) is 17.0. The molecule has 0 N–H and O–H groups in total. The van der Waals surface area contributed by atoms with Crippen molar-refractivity contribution in [2.24, 2.45) is 4.99 Å². The molecule has 3 aromatic rings. The lowest BCUT2D eigenvalue weighted by atomic mass is 10.0. The zero-order valence-corrected chi connectivity index (χ0v) is 14.6. The number of nitrogens with zero attached hydrogens (tertiary/aromatic N) is 1. The Bertz CT molecular complexity index is 749. The monoisotopic (exact) mass is 329 g/mol. The van der Waals surface area contributed by atoms with Crippen LogP contribution in [0.25, 0.3) is 0 Å². The van der Waals surface area contributed by atoms with Crippen LogP contribution in [-0.4, -0.2) is 12.8 Å². The fraction of sp³-hybridized carbons (Fsp3) is 0.174. The van der Waals surface area contributed by atoms with Gasteiger partial charge in [0.05, 0.1) is 13.7 Å². The van der Waals surface area contributed by atoms with Crippen LogP contribution in [0, 0.1) is 0 Å². The Morgan fingerprint density at radius 1 is 0.680 bits per heavy atom. The normalized spacial score (nSPS) is 10.3. The fourth-order valence-corrected chi connectivity index (χ4v) is 2.77. The highest BCUT2D eigenvalue weighted by molar-refractivity contribution is 5.88. The number of methoxy groups -OCH3 is 1. The van der Waals surface area contributed by atoms with E-state index in [9.17, 15) is 0 Å². The van der Waals surface area contributed by atoms with Crippen molar-refractivity contribution in [3.8, 4) is 5.75 Å². The maximum atomic E-state index is 5.22. The van der Waals surface area contributed by atoms with Crippen molar-refractivity contribution in [2.75, 3.05) is 7.11 Å². The van der Waals surface area contributed by atoms with E-state index < -0.39 is 0 Å². The fourth-order valence-electron chi connectivity index (χ4n) is 2.77. The molecule has 2 heteroatoms. The topological polar surface area (TPSA) is 21.6 Å². The zero-order valence-electron chi connectivity index (χ0n) is 14.6. The molecule has 0 saturated heterocycles. The van der Waals surface area contributed by atoms with E-state index in [2.05, 4.69) is 72.8 Å². The quantitative estimate of drug-likeness (QED) is 0.551. The molecule has 0 radical (unpaired) electrons. The van der Waals surface area contributed by atoms with Crippen molar-refractivity contribution in [3.05, 3.63) is 102 Å². The number of ether oxygens (including phenoxy) is 1. The van der Waals surface area contributed by atoms with Crippen molar-refractivity contribution < 1.29 is 4.74 Å². The zero-order chi connectivity index (χ0) is 17.3. The Labute approximate surface area is 149 Å². The van der Waals surface area contributed by atoms with Crippen molar-refractivity contribution in [2.45, 2.75) is 19.4 Å². The molecule has 0 saturated carbocycles. The second-order valence-corrected chi connectivity index (χ2v) is 6.06. The molecule has 0 aliphatic rings. The lowest BCUT2D eigenvalue weighted by Gasteiger charge is -2.08. The third-order valence-electron chi connectivity index (χ3n) is 4.15. The van der Waals surface area contributed by atoms with Crippen LogP contribution in [0.1, 0.15) is 16.7 Å². The Balaban J connectivity index is 1.76. The molecule has 3 aromatic carbocycles. The summed E-state index contributed by atoms with van der Waals surface area (Å²) < 4.78 is 5.22. The minimum atomic E-state index is 0.693. The number of rotatable bonds is 7. The van der Waals surface area contributed by atoms with Crippen molar-refractivity contribution in [1.82, 2.24) is 0 Å². The SMILES string of the molecule is COc1ccc(CN=C(Cc2ccccc2)Cc2ccccc2)cc1. The smallest absolute Gasteiger partial charge is 0.118 e. The third-order valence-corrected chi connectivity index (χ3v) is 4.15. The molecule has 0 amide bonds. The molecule has 25 heavy (non-hydrogen) atoms. The first-order valence-corrected chi connectivity index (χ1v) is 8.56. The van der Waals surface area contributed by atoms with Gasteiger partial charge >= 0.3 is 0 Å². The van der Waals surface area contributed by atoms with Gasteiger partial charge in [-0.2, -0.15) is 0 Å². The second-order valence-electron chi connectivity index (χ2n) is 6.06. The summed E-state index contributed by atoms with van der Waals surface area (Å²) in [7, 11) is 1.69. The molecular weight excluding hydrogens is 306 g/mol. The van der Waals surface area contributed by atoms with Gasteiger partial charge in [0.2, 0.25) is 0 Å². The summed E-state index contributed by atoms with van der Waals surface area (Å²) in [5.74, 6) is 0.876. The Kier molecular flexibility index (Phi) is 6.00. The molecule has 0 bridgehead atoms. The molecule has 2 nitrogen and oxygen atoms in total. The maximum Gasteiger partial charge on any atom is 0.118 e. The van der Waals surface area contributed by atoms with Crippen molar-refractivity contribution >= 4 is 5.71 Å². The van der Waals surface area contributed by atoms with Crippen LogP contribution in [-0.2, 0) is 19.4 Å². The average molecular weight is 329 g/mol. The van der Waals surface area contributed by atoms with Crippen LogP contribution in [0.3, 0.4) is 0 Å². The molecule has 0 spiro atoms. The molecular formula is C23H23NO. The van der Waals surface area contributed by atoms with Gasteiger partial charge in [0.15, 0.2) is 0 Å². The molecule has 0 atom stereocenters. The van der Waals surface area contributed by atoms with Crippen LogP contribution >= 0.6 is 0 Å². The van der Waals surface area contributed by atoms with E-state index in [1.165, 1.54) is 22.4 Å². The first-order chi connectivity index (χ1) is 12.3. The predicted molar refractivity (Wildman–Crippen MR) is 104 cm³/mol. The van der Waals surface area contributed by atoms with Crippen LogP contribution < -0.4 is 4.74 Å². The molecule has 0 unspecified atom stereocenters. The van der Waals surface area contributed by atoms with E-state index in [1.807, 2.05) is 12.1 Å². The highest BCUT2D eigenvalue weighted by atomic mass is 16.5. The van der Waals surface area contributed by atoms with Gasteiger partial charge < -0.3 is 4.74 Å². The third kappa shape index (κ3) is 5.32. The van der Waals surface area contributed by atoms with Crippen LogP contribution in [0.4, 0.5) is 0 Å². The van der Waals surface area contributed by atoms with Gasteiger partial charge in [-0.1, -0.05) is 72.8 Å². The van der Waals surface area contributed by atoms with E-state index in [1.54, 1.807) is 7.11 Å². The summed E-state index contributed by atoms with van der Waals surface area (Å²) >= 11 is 0. The minimum absolute atomic E-state index is 0.693. The summed E-state index contributed by atoms with van der Waals surface area (Å²) in [5.41, 5.74) is 4.99. The van der Waals surface area contributed by atoms with Crippen LogP contribution in [0.15, 0.2) is 89.9 Å². The van der Waals surface area contributed by atoms with Gasteiger partial charge in [0, 0.05) is 18.6 Å².